The lowest BCUT2D eigenvalue weighted by atomic mass is 10.2. The van der Waals surface area contributed by atoms with Crippen LogP contribution < -0.4 is 14.4 Å². The van der Waals surface area contributed by atoms with Crippen molar-refractivity contribution >= 4 is 21.6 Å². The van der Waals surface area contributed by atoms with Crippen molar-refractivity contribution in [2.45, 2.75) is 26.3 Å². The van der Waals surface area contributed by atoms with E-state index in [4.69, 9.17) is 4.74 Å². The average molecular weight is 427 g/mol. The Balaban J connectivity index is 1.91. The number of anilines is 1. The first kappa shape index (κ1) is 23.4. The van der Waals surface area contributed by atoms with Crippen molar-refractivity contribution in [1.29, 1.82) is 0 Å². The van der Waals surface area contributed by atoms with Crippen LogP contribution in [0.15, 0.2) is 24.3 Å². The topological polar surface area (TPSA) is 82.2 Å². The van der Waals surface area contributed by atoms with E-state index in [0.717, 1.165) is 49.7 Å². The third-order valence-electron chi connectivity index (χ3n) is 5.04. The van der Waals surface area contributed by atoms with Gasteiger partial charge >= 0.3 is 0 Å². The second-order valence-corrected chi connectivity index (χ2v) is 9.31. The molecule has 164 valence electrons. The Bertz CT molecular complexity index is 746. The van der Waals surface area contributed by atoms with E-state index in [2.05, 4.69) is 22.2 Å². The quantitative estimate of drug-likeness (QED) is 0.562. The third kappa shape index (κ3) is 7.17. The summed E-state index contributed by atoms with van der Waals surface area (Å²) < 4.78 is 31.3. The van der Waals surface area contributed by atoms with Gasteiger partial charge in [0.25, 0.3) is 0 Å². The highest BCUT2D eigenvalue weighted by Crippen LogP contribution is 2.24. The van der Waals surface area contributed by atoms with Crippen LogP contribution in [0.5, 0.6) is 5.75 Å². The Kier molecular flexibility index (Phi) is 8.73. The Morgan fingerprint density at radius 2 is 1.83 bits per heavy atom. The van der Waals surface area contributed by atoms with Gasteiger partial charge in [-0.2, -0.15) is 0 Å². The summed E-state index contributed by atoms with van der Waals surface area (Å²) in [4.78, 5) is 17.3. The summed E-state index contributed by atoms with van der Waals surface area (Å²) in [5, 5.41) is 2.88. The number of carbonyl (C=O) groups is 1. The van der Waals surface area contributed by atoms with Crippen LogP contribution in [0.25, 0.3) is 0 Å². The molecule has 0 radical (unpaired) electrons. The number of nitrogens with zero attached hydrogens (tertiary/aromatic N) is 3. The molecule has 8 nitrogen and oxygen atoms in total. The fourth-order valence-corrected chi connectivity index (χ4v) is 4.57. The lowest BCUT2D eigenvalue weighted by Crippen LogP contribution is -2.48. The smallest absolute Gasteiger partial charge is 0.243 e. The van der Waals surface area contributed by atoms with E-state index >= 15 is 0 Å². The van der Waals surface area contributed by atoms with E-state index in [0.29, 0.717) is 24.6 Å². The monoisotopic (exact) mass is 426 g/mol. The Morgan fingerprint density at radius 1 is 1.21 bits per heavy atom. The second-order valence-electron chi connectivity index (χ2n) is 7.45. The van der Waals surface area contributed by atoms with Gasteiger partial charge in [0.15, 0.2) is 0 Å². The molecule has 1 amide bonds. The summed E-state index contributed by atoms with van der Waals surface area (Å²) >= 11 is 0. The van der Waals surface area contributed by atoms with Gasteiger partial charge in [-0.1, -0.05) is 0 Å². The van der Waals surface area contributed by atoms with Crippen LogP contribution in [0.2, 0.25) is 0 Å². The van der Waals surface area contributed by atoms with E-state index in [1.807, 2.05) is 6.92 Å². The molecule has 1 aromatic rings. The van der Waals surface area contributed by atoms with Crippen molar-refractivity contribution in [3.05, 3.63) is 24.3 Å². The van der Waals surface area contributed by atoms with Crippen LogP contribution >= 0.6 is 0 Å². The predicted octanol–water partition coefficient (Wildman–Crippen LogP) is 0.994. The van der Waals surface area contributed by atoms with Crippen molar-refractivity contribution in [3.8, 4) is 5.75 Å². The molecule has 0 bridgehead atoms. The molecule has 1 aliphatic rings. The molecule has 29 heavy (non-hydrogen) atoms. The highest BCUT2D eigenvalue weighted by atomic mass is 32.2. The maximum Gasteiger partial charge on any atom is 0.243 e. The van der Waals surface area contributed by atoms with Gasteiger partial charge in [-0.05, 0) is 58.1 Å². The first-order valence-electron chi connectivity index (χ1n) is 10.1. The number of carbonyl (C=O) groups excluding carboxylic acids is 1. The zero-order chi connectivity index (χ0) is 21.4. The van der Waals surface area contributed by atoms with E-state index in [1.54, 1.807) is 31.2 Å². The van der Waals surface area contributed by atoms with Crippen molar-refractivity contribution in [1.82, 2.24) is 15.1 Å². The van der Waals surface area contributed by atoms with Crippen LogP contribution in [0, 0.1) is 0 Å². The lowest BCUT2D eigenvalue weighted by molar-refractivity contribution is -0.121. The summed E-state index contributed by atoms with van der Waals surface area (Å²) in [5.41, 5.74) is 0.441. The number of rotatable bonds is 10. The van der Waals surface area contributed by atoms with Gasteiger partial charge < -0.3 is 19.9 Å². The van der Waals surface area contributed by atoms with Crippen LogP contribution in [-0.2, 0) is 14.8 Å². The van der Waals surface area contributed by atoms with Crippen LogP contribution in [-0.4, -0.2) is 89.3 Å². The van der Waals surface area contributed by atoms with Gasteiger partial charge in [0.05, 0.1) is 18.6 Å². The van der Waals surface area contributed by atoms with Crippen LogP contribution in [0.3, 0.4) is 0 Å². The van der Waals surface area contributed by atoms with Gasteiger partial charge in [0.1, 0.15) is 11.8 Å². The molecule has 0 aliphatic carbocycles. The highest BCUT2D eigenvalue weighted by Gasteiger charge is 2.29. The first-order valence-corrected chi connectivity index (χ1v) is 12.0. The summed E-state index contributed by atoms with van der Waals surface area (Å²) in [7, 11) is -1.50. The SMILES string of the molecule is CCOc1ccc(N([C@@H](C)C(=O)NCCCN2CCN(C)CC2)S(C)(=O)=O)cc1. The molecule has 1 heterocycles. The van der Waals surface area contributed by atoms with Gasteiger partial charge in [0.2, 0.25) is 15.9 Å². The Morgan fingerprint density at radius 3 is 2.38 bits per heavy atom. The van der Waals surface area contributed by atoms with Crippen molar-refractivity contribution in [2.75, 3.05) is 63.5 Å². The van der Waals surface area contributed by atoms with Gasteiger partial charge in [0, 0.05) is 32.7 Å². The number of likely N-dealkylation sites (N-methyl/N-ethyl adjacent to an activating group) is 1. The third-order valence-corrected chi connectivity index (χ3v) is 6.28. The maximum atomic E-state index is 12.6. The molecule has 2 rings (SSSR count). The second kappa shape index (κ2) is 10.8. The molecule has 1 saturated heterocycles. The number of nitrogens with one attached hydrogen (secondary N) is 1. The summed E-state index contributed by atoms with van der Waals surface area (Å²) in [5.74, 6) is 0.355. The zero-order valence-corrected chi connectivity index (χ0v) is 18.7. The van der Waals surface area contributed by atoms with Gasteiger partial charge in [-0.3, -0.25) is 9.10 Å². The van der Waals surface area contributed by atoms with Crippen LogP contribution in [0.4, 0.5) is 5.69 Å². The Labute approximate surface area is 174 Å². The molecule has 0 unspecified atom stereocenters. The molecule has 0 saturated carbocycles. The number of sulfonamides is 1. The minimum Gasteiger partial charge on any atom is -0.494 e. The molecule has 1 N–H and O–H groups in total. The normalized spacial score (nSPS) is 17.0. The largest absolute Gasteiger partial charge is 0.494 e. The standard InChI is InChI=1S/C20H34N4O4S/c1-5-28-19-9-7-18(8-10-19)24(29(4,26)27)17(2)20(25)21-11-6-12-23-15-13-22(3)14-16-23/h7-10,17H,5-6,11-16H2,1-4H3,(H,21,25)/t17-/m0/s1. The molecule has 0 spiro atoms. The summed E-state index contributed by atoms with van der Waals surface area (Å²) in [6, 6.07) is 5.88. The fraction of sp³-hybridized carbons (Fsp3) is 0.650. The van der Waals surface area contributed by atoms with Crippen molar-refractivity contribution in [2.24, 2.45) is 0 Å². The maximum absolute atomic E-state index is 12.6. The van der Waals surface area contributed by atoms with Crippen molar-refractivity contribution < 1.29 is 17.9 Å². The number of benzene rings is 1. The van der Waals surface area contributed by atoms with Gasteiger partial charge in [-0.25, -0.2) is 8.42 Å². The number of amides is 1. The van der Waals surface area contributed by atoms with Gasteiger partial charge in [-0.15, -0.1) is 0 Å². The van der Waals surface area contributed by atoms with E-state index < -0.39 is 16.1 Å². The fourth-order valence-electron chi connectivity index (χ4n) is 3.40. The molecule has 9 heteroatoms. The number of ether oxygens (including phenoxy) is 1. The summed E-state index contributed by atoms with van der Waals surface area (Å²) in [6.07, 6.45) is 1.95. The van der Waals surface area contributed by atoms with Crippen LogP contribution in [0.1, 0.15) is 20.3 Å². The molecular weight excluding hydrogens is 392 g/mol. The molecular formula is C20H34N4O4S. The zero-order valence-electron chi connectivity index (χ0n) is 17.9. The minimum atomic E-state index is -3.62. The number of hydrogen-bond acceptors (Lipinski definition) is 6. The molecule has 1 fully saturated rings. The summed E-state index contributed by atoms with van der Waals surface area (Å²) in [6.45, 7) is 9.68. The number of hydrogen-bond donors (Lipinski definition) is 1. The van der Waals surface area contributed by atoms with Crippen molar-refractivity contribution in [3.63, 3.8) is 0 Å². The minimum absolute atomic E-state index is 0.303. The predicted molar refractivity (Wildman–Crippen MR) is 116 cm³/mol. The van der Waals surface area contributed by atoms with E-state index in [9.17, 15) is 13.2 Å². The molecule has 1 atom stereocenters. The average Bonchev–Trinajstić information content (AvgIpc) is 2.67. The Hall–Kier alpha value is -1.84. The van der Waals surface area contributed by atoms with E-state index in [-0.39, 0.29) is 5.91 Å². The number of piperazine rings is 1. The first-order chi connectivity index (χ1) is 13.7. The molecule has 0 aromatic heterocycles. The molecule has 1 aromatic carbocycles. The molecule has 1 aliphatic heterocycles. The lowest BCUT2D eigenvalue weighted by Gasteiger charge is -2.32. The van der Waals surface area contributed by atoms with E-state index in [1.165, 1.54) is 0 Å². The highest BCUT2D eigenvalue weighted by molar-refractivity contribution is 7.92.